The van der Waals surface area contributed by atoms with Crippen LogP contribution in [0.5, 0.6) is 0 Å². The molecule has 20 heavy (non-hydrogen) atoms. The summed E-state index contributed by atoms with van der Waals surface area (Å²) in [6.07, 6.45) is -0.0465. The highest BCUT2D eigenvalue weighted by molar-refractivity contribution is 5.96. The van der Waals surface area contributed by atoms with Gasteiger partial charge in [-0.25, -0.2) is 0 Å². The van der Waals surface area contributed by atoms with Gasteiger partial charge in [0.05, 0.1) is 12.3 Å². The zero-order valence-electron chi connectivity index (χ0n) is 11.6. The number of amides is 1. The molecule has 2 atom stereocenters. The summed E-state index contributed by atoms with van der Waals surface area (Å²) in [6.45, 7) is 3.75. The highest BCUT2D eigenvalue weighted by Crippen LogP contribution is 2.23. The number of carboxylic acids is 1. The van der Waals surface area contributed by atoms with E-state index in [2.05, 4.69) is 5.32 Å². The van der Waals surface area contributed by atoms with E-state index in [4.69, 9.17) is 5.11 Å². The fraction of sp³-hybridized carbons (Fsp3) is 0.467. The molecule has 1 saturated heterocycles. The molecule has 1 aromatic rings. The maximum Gasteiger partial charge on any atom is 0.305 e. The molecule has 2 N–H and O–H groups in total. The predicted octanol–water partition coefficient (Wildman–Crippen LogP) is 1.35. The summed E-state index contributed by atoms with van der Waals surface area (Å²) in [6, 6.07) is 9.27. The zero-order chi connectivity index (χ0) is 14.5. The van der Waals surface area contributed by atoms with Crippen molar-refractivity contribution in [2.24, 2.45) is 11.8 Å². The van der Waals surface area contributed by atoms with E-state index in [1.54, 1.807) is 4.90 Å². The van der Waals surface area contributed by atoms with Gasteiger partial charge in [0.15, 0.2) is 0 Å². The molecule has 0 aromatic heterocycles. The fourth-order valence-electron chi connectivity index (χ4n) is 2.52. The number of nitrogens with zero attached hydrogens (tertiary/aromatic N) is 1. The van der Waals surface area contributed by atoms with Crippen LogP contribution in [-0.2, 0) is 9.59 Å². The molecule has 1 heterocycles. The Kier molecular flexibility index (Phi) is 4.74. The lowest BCUT2D eigenvalue weighted by Gasteiger charge is -2.26. The molecule has 1 aromatic carbocycles. The second kappa shape index (κ2) is 6.52. The van der Waals surface area contributed by atoms with E-state index in [1.807, 2.05) is 37.3 Å². The van der Waals surface area contributed by atoms with Gasteiger partial charge >= 0.3 is 5.97 Å². The second-order valence-corrected chi connectivity index (χ2v) is 5.21. The maximum absolute atomic E-state index is 12.7. The Balaban J connectivity index is 2.17. The number of carboxylic acid groups (broad SMARTS) is 1. The predicted molar refractivity (Wildman–Crippen MR) is 76.6 cm³/mol. The van der Waals surface area contributed by atoms with E-state index in [0.717, 1.165) is 12.2 Å². The monoisotopic (exact) mass is 276 g/mol. The molecule has 0 aliphatic carbocycles. The third kappa shape index (κ3) is 3.36. The Morgan fingerprint density at radius 2 is 2.00 bits per heavy atom. The molecular formula is C15H20N2O3. The smallest absolute Gasteiger partial charge is 0.305 e. The number of anilines is 1. The first-order valence-corrected chi connectivity index (χ1v) is 6.88. The standard InChI is InChI=1S/C15H20N2O3/c1-11-9-16-10-13(11)15(20)17(8-7-14(18)19)12-5-3-2-4-6-12/h2-6,11,13,16H,7-10H2,1H3,(H,18,19)/t11-,13-/m1/s1. The van der Waals surface area contributed by atoms with E-state index in [9.17, 15) is 9.59 Å². The molecule has 0 unspecified atom stereocenters. The number of carbonyl (C=O) groups excluding carboxylic acids is 1. The molecule has 5 nitrogen and oxygen atoms in total. The van der Waals surface area contributed by atoms with Crippen LogP contribution in [0.25, 0.3) is 0 Å². The van der Waals surface area contributed by atoms with Gasteiger partial charge in [0.1, 0.15) is 0 Å². The molecule has 1 fully saturated rings. The van der Waals surface area contributed by atoms with Crippen molar-refractivity contribution in [2.75, 3.05) is 24.5 Å². The third-order valence-electron chi connectivity index (χ3n) is 3.72. The summed E-state index contributed by atoms with van der Waals surface area (Å²) in [5.74, 6) is -0.686. The Hall–Kier alpha value is -1.88. The van der Waals surface area contributed by atoms with Crippen molar-refractivity contribution in [3.05, 3.63) is 30.3 Å². The average molecular weight is 276 g/mol. The molecule has 0 radical (unpaired) electrons. The van der Waals surface area contributed by atoms with Crippen molar-refractivity contribution in [1.29, 1.82) is 0 Å². The lowest BCUT2D eigenvalue weighted by molar-refractivity contribution is -0.136. The molecule has 1 amide bonds. The van der Waals surface area contributed by atoms with Gasteiger partial charge in [-0.15, -0.1) is 0 Å². The Bertz CT molecular complexity index is 475. The average Bonchev–Trinajstić information content (AvgIpc) is 2.86. The number of hydrogen-bond donors (Lipinski definition) is 2. The molecule has 2 rings (SSSR count). The van der Waals surface area contributed by atoms with E-state index >= 15 is 0 Å². The van der Waals surface area contributed by atoms with Gasteiger partial charge in [-0.2, -0.15) is 0 Å². The summed E-state index contributed by atoms with van der Waals surface area (Å²) < 4.78 is 0. The van der Waals surface area contributed by atoms with Gasteiger partial charge in [0, 0.05) is 18.8 Å². The van der Waals surface area contributed by atoms with Crippen LogP contribution in [0.3, 0.4) is 0 Å². The highest BCUT2D eigenvalue weighted by Gasteiger charge is 2.33. The van der Waals surface area contributed by atoms with Gasteiger partial charge in [-0.3, -0.25) is 9.59 Å². The lowest BCUT2D eigenvalue weighted by Crippen LogP contribution is -2.40. The molecule has 0 saturated carbocycles. The Labute approximate surface area is 118 Å². The third-order valence-corrected chi connectivity index (χ3v) is 3.72. The quantitative estimate of drug-likeness (QED) is 0.851. The number of para-hydroxylation sites is 1. The van der Waals surface area contributed by atoms with Crippen LogP contribution >= 0.6 is 0 Å². The minimum absolute atomic E-state index is 0.00921. The van der Waals surface area contributed by atoms with E-state index in [0.29, 0.717) is 6.54 Å². The summed E-state index contributed by atoms with van der Waals surface area (Å²) >= 11 is 0. The molecule has 0 spiro atoms. The van der Waals surface area contributed by atoms with Crippen LogP contribution in [-0.4, -0.2) is 36.6 Å². The van der Waals surface area contributed by atoms with Gasteiger partial charge in [0.25, 0.3) is 0 Å². The number of benzene rings is 1. The highest BCUT2D eigenvalue weighted by atomic mass is 16.4. The van der Waals surface area contributed by atoms with Gasteiger partial charge in [0.2, 0.25) is 5.91 Å². The van der Waals surface area contributed by atoms with E-state index in [1.165, 1.54) is 0 Å². The lowest BCUT2D eigenvalue weighted by atomic mass is 9.96. The van der Waals surface area contributed by atoms with Gasteiger partial charge in [-0.05, 0) is 24.6 Å². The largest absolute Gasteiger partial charge is 0.481 e. The normalized spacial score (nSPS) is 21.6. The molecule has 108 valence electrons. The fourth-order valence-corrected chi connectivity index (χ4v) is 2.52. The minimum Gasteiger partial charge on any atom is -0.481 e. The topological polar surface area (TPSA) is 69.6 Å². The van der Waals surface area contributed by atoms with Gasteiger partial charge in [-0.1, -0.05) is 25.1 Å². The number of aliphatic carboxylic acids is 1. The zero-order valence-corrected chi connectivity index (χ0v) is 11.6. The maximum atomic E-state index is 12.7. The first-order valence-electron chi connectivity index (χ1n) is 6.88. The Morgan fingerprint density at radius 3 is 2.55 bits per heavy atom. The summed E-state index contributed by atoms with van der Waals surface area (Å²) in [7, 11) is 0. The van der Waals surface area contributed by atoms with Crippen molar-refractivity contribution < 1.29 is 14.7 Å². The van der Waals surface area contributed by atoms with Crippen LogP contribution in [0.1, 0.15) is 13.3 Å². The van der Waals surface area contributed by atoms with Crippen molar-refractivity contribution in [2.45, 2.75) is 13.3 Å². The van der Waals surface area contributed by atoms with Crippen molar-refractivity contribution in [3.63, 3.8) is 0 Å². The summed E-state index contributed by atoms with van der Waals surface area (Å²) in [5.41, 5.74) is 0.762. The molecule has 5 heteroatoms. The van der Waals surface area contributed by atoms with E-state index < -0.39 is 5.97 Å². The van der Waals surface area contributed by atoms with Crippen LogP contribution in [0, 0.1) is 11.8 Å². The van der Waals surface area contributed by atoms with Crippen LogP contribution in [0.15, 0.2) is 30.3 Å². The number of hydrogen-bond acceptors (Lipinski definition) is 3. The van der Waals surface area contributed by atoms with Crippen LogP contribution in [0.2, 0.25) is 0 Å². The molecule has 0 bridgehead atoms. The molecular weight excluding hydrogens is 256 g/mol. The number of rotatable bonds is 5. The van der Waals surface area contributed by atoms with Gasteiger partial charge < -0.3 is 15.3 Å². The summed E-state index contributed by atoms with van der Waals surface area (Å²) in [5, 5.41) is 12.1. The molecule has 1 aliphatic heterocycles. The minimum atomic E-state index is -0.892. The van der Waals surface area contributed by atoms with Crippen molar-refractivity contribution >= 4 is 17.6 Å². The van der Waals surface area contributed by atoms with Crippen molar-refractivity contribution in [1.82, 2.24) is 5.32 Å². The van der Waals surface area contributed by atoms with Crippen LogP contribution < -0.4 is 10.2 Å². The molecule has 1 aliphatic rings. The number of carbonyl (C=O) groups is 2. The van der Waals surface area contributed by atoms with Crippen molar-refractivity contribution in [3.8, 4) is 0 Å². The second-order valence-electron chi connectivity index (χ2n) is 5.21. The Morgan fingerprint density at radius 1 is 1.30 bits per heavy atom. The number of nitrogens with one attached hydrogen (secondary N) is 1. The SMILES string of the molecule is C[C@@H]1CNC[C@H]1C(=O)N(CCC(=O)O)c1ccccc1. The summed E-state index contributed by atoms with van der Waals surface area (Å²) in [4.78, 5) is 25.1. The first kappa shape index (κ1) is 14.5. The first-order chi connectivity index (χ1) is 9.59. The van der Waals surface area contributed by atoms with Crippen LogP contribution in [0.4, 0.5) is 5.69 Å². The van der Waals surface area contributed by atoms with E-state index in [-0.39, 0.29) is 30.7 Å².